The molecule has 0 aliphatic heterocycles. The van der Waals surface area contributed by atoms with E-state index in [4.69, 9.17) is 5.73 Å². The highest BCUT2D eigenvalue weighted by Crippen LogP contribution is 2.14. The van der Waals surface area contributed by atoms with Crippen LogP contribution >= 0.6 is 0 Å². The van der Waals surface area contributed by atoms with E-state index in [-0.39, 0.29) is 18.4 Å². The molecule has 16 heavy (non-hydrogen) atoms. The Hall–Kier alpha value is -1.56. The number of anilines is 1. The van der Waals surface area contributed by atoms with Gasteiger partial charge in [0.15, 0.2) is 0 Å². The molecule has 0 aliphatic rings. The number of carbonyl (C=O) groups is 1. The molecule has 0 aromatic carbocycles. The summed E-state index contributed by atoms with van der Waals surface area (Å²) in [5.41, 5.74) is 6.35. The largest absolute Gasteiger partial charge is 0.329 e. The molecule has 6 heteroatoms. The van der Waals surface area contributed by atoms with Crippen molar-refractivity contribution in [1.29, 1.82) is 0 Å². The van der Waals surface area contributed by atoms with Crippen LogP contribution in [0.25, 0.3) is 0 Å². The van der Waals surface area contributed by atoms with Crippen molar-refractivity contribution in [1.82, 2.24) is 15.2 Å². The molecule has 1 heterocycles. The van der Waals surface area contributed by atoms with Crippen molar-refractivity contribution in [2.24, 2.45) is 11.1 Å². The Balaban J connectivity index is 2.82. The van der Waals surface area contributed by atoms with E-state index in [0.717, 1.165) is 11.4 Å². The van der Waals surface area contributed by atoms with Gasteiger partial charge in [-0.05, 0) is 27.7 Å². The summed E-state index contributed by atoms with van der Waals surface area (Å²) in [6.45, 7) is 7.41. The summed E-state index contributed by atoms with van der Waals surface area (Å²) in [5, 5.41) is 10.3. The summed E-state index contributed by atoms with van der Waals surface area (Å²) < 4.78 is 0. The van der Waals surface area contributed by atoms with Gasteiger partial charge in [0.2, 0.25) is 11.9 Å². The topological polar surface area (TPSA) is 93.8 Å². The number of hydrogen-bond acceptors (Lipinski definition) is 5. The third kappa shape index (κ3) is 2.73. The zero-order valence-corrected chi connectivity index (χ0v) is 10.0. The van der Waals surface area contributed by atoms with Gasteiger partial charge in [-0.15, -0.1) is 5.10 Å². The molecule has 0 saturated carbocycles. The highest BCUT2D eigenvalue weighted by atomic mass is 16.2. The second-order valence-corrected chi connectivity index (χ2v) is 4.35. The van der Waals surface area contributed by atoms with Crippen molar-refractivity contribution in [3.05, 3.63) is 11.4 Å². The van der Waals surface area contributed by atoms with Crippen molar-refractivity contribution >= 4 is 11.9 Å². The number of hydrogen-bond donors (Lipinski definition) is 2. The highest BCUT2D eigenvalue weighted by Gasteiger charge is 2.26. The molecule has 3 N–H and O–H groups in total. The molecule has 1 aromatic heterocycles. The lowest BCUT2D eigenvalue weighted by molar-refractivity contribution is -0.123. The summed E-state index contributed by atoms with van der Waals surface area (Å²) in [7, 11) is 0. The van der Waals surface area contributed by atoms with E-state index >= 15 is 0 Å². The lowest BCUT2D eigenvalue weighted by Gasteiger charge is -2.20. The fraction of sp³-hybridized carbons (Fsp3) is 0.600. The van der Waals surface area contributed by atoms with Crippen molar-refractivity contribution in [2.45, 2.75) is 27.7 Å². The van der Waals surface area contributed by atoms with Crippen LogP contribution in [0.4, 0.5) is 5.95 Å². The lowest BCUT2D eigenvalue weighted by Crippen LogP contribution is -2.37. The number of nitrogens with zero attached hydrogens (tertiary/aromatic N) is 3. The van der Waals surface area contributed by atoms with Crippen molar-refractivity contribution in [2.75, 3.05) is 11.9 Å². The number of aromatic nitrogens is 3. The SMILES string of the molecule is Cc1nnc(NC(=O)C(C)(C)CN)nc1C. The van der Waals surface area contributed by atoms with E-state index in [1.54, 1.807) is 13.8 Å². The summed E-state index contributed by atoms with van der Waals surface area (Å²) in [6, 6.07) is 0. The molecule has 0 fully saturated rings. The molecule has 0 radical (unpaired) electrons. The molecular weight excluding hydrogens is 206 g/mol. The molecule has 1 rings (SSSR count). The van der Waals surface area contributed by atoms with Gasteiger partial charge in [-0.1, -0.05) is 0 Å². The Morgan fingerprint density at radius 3 is 2.44 bits per heavy atom. The minimum atomic E-state index is -0.637. The number of nitrogens with two attached hydrogens (primary N) is 1. The predicted octanol–water partition coefficient (Wildman–Crippen LogP) is 0.412. The molecule has 0 bridgehead atoms. The van der Waals surface area contributed by atoms with Crippen LogP contribution in [0, 0.1) is 19.3 Å². The number of nitrogens with one attached hydrogen (secondary N) is 1. The van der Waals surface area contributed by atoms with Gasteiger partial charge >= 0.3 is 0 Å². The average Bonchev–Trinajstić information content (AvgIpc) is 2.23. The maximum Gasteiger partial charge on any atom is 0.249 e. The van der Waals surface area contributed by atoms with Crippen LogP contribution < -0.4 is 11.1 Å². The van der Waals surface area contributed by atoms with Crippen LogP contribution in [0.15, 0.2) is 0 Å². The van der Waals surface area contributed by atoms with Crippen molar-refractivity contribution in [3.8, 4) is 0 Å². The first-order valence-corrected chi connectivity index (χ1v) is 5.06. The van der Waals surface area contributed by atoms with Gasteiger partial charge in [0.05, 0.1) is 16.8 Å². The lowest BCUT2D eigenvalue weighted by atomic mass is 9.93. The van der Waals surface area contributed by atoms with Crippen LogP contribution in [0.5, 0.6) is 0 Å². The number of rotatable bonds is 3. The van der Waals surface area contributed by atoms with Gasteiger partial charge in [-0.2, -0.15) is 5.10 Å². The Kier molecular flexibility index (Phi) is 3.54. The average molecular weight is 223 g/mol. The first kappa shape index (κ1) is 12.5. The molecule has 0 aliphatic carbocycles. The second kappa shape index (κ2) is 4.52. The van der Waals surface area contributed by atoms with E-state index in [1.165, 1.54) is 0 Å². The van der Waals surface area contributed by atoms with Gasteiger partial charge in [-0.3, -0.25) is 10.1 Å². The minimum absolute atomic E-state index is 0.208. The van der Waals surface area contributed by atoms with Gasteiger partial charge < -0.3 is 5.73 Å². The summed E-state index contributed by atoms with van der Waals surface area (Å²) in [5.74, 6) is 0.00896. The molecule has 88 valence electrons. The summed E-state index contributed by atoms with van der Waals surface area (Å²) in [6.07, 6.45) is 0. The quantitative estimate of drug-likeness (QED) is 0.774. The van der Waals surface area contributed by atoms with Gasteiger partial charge in [0.1, 0.15) is 0 Å². The van der Waals surface area contributed by atoms with Gasteiger partial charge in [0.25, 0.3) is 0 Å². The normalized spacial score (nSPS) is 11.3. The molecule has 0 spiro atoms. The van der Waals surface area contributed by atoms with E-state index in [1.807, 2.05) is 13.8 Å². The standard InChI is InChI=1S/C10H17N5O/c1-6-7(2)14-15-9(12-6)13-8(16)10(3,4)5-11/h5,11H2,1-4H3,(H,12,13,15,16). The first-order chi connectivity index (χ1) is 7.36. The summed E-state index contributed by atoms with van der Waals surface area (Å²) in [4.78, 5) is 15.9. The Morgan fingerprint density at radius 2 is 1.94 bits per heavy atom. The minimum Gasteiger partial charge on any atom is -0.329 e. The van der Waals surface area contributed by atoms with Crippen LogP contribution in [-0.2, 0) is 4.79 Å². The first-order valence-electron chi connectivity index (χ1n) is 5.06. The third-order valence-electron chi connectivity index (χ3n) is 2.44. The summed E-state index contributed by atoms with van der Waals surface area (Å²) >= 11 is 0. The fourth-order valence-electron chi connectivity index (χ4n) is 0.873. The van der Waals surface area contributed by atoms with Gasteiger partial charge in [-0.25, -0.2) is 4.98 Å². The number of amides is 1. The molecular formula is C10H17N5O. The van der Waals surface area contributed by atoms with E-state index in [0.29, 0.717) is 0 Å². The molecule has 0 saturated heterocycles. The molecule has 6 nitrogen and oxygen atoms in total. The predicted molar refractivity (Wildman–Crippen MR) is 60.8 cm³/mol. The Bertz CT molecular complexity index is 402. The molecule has 1 amide bonds. The highest BCUT2D eigenvalue weighted by molar-refractivity contribution is 5.93. The second-order valence-electron chi connectivity index (χ2n) is 4.35. The fourth-order valence-corrected chi connectivity index (χ4v) is 0.873. The van der Waals surface area contributed by atoms with E-state index in [9.17, 15) is 4.79 Å². The molecule has 1 aromatic rings. The molecule has 0 unspecified atom stereocenters. The maximum atomic E-state index is 11.8. The zero-order valence-electron chi connectivity index (χ0n) is 10.0. The van der Waals surface area contributed by atoms with Crippen molar-refractivity contribution in [3.63, 3.8) is 0 Å². The monoisotopic (exact) mass is 223 g/mol. The van der Waals surface area contributed by atoms with E-state index in [2.05, 4.69) is 20.5 Å². The van der Waals surface area contributed by atoms with Gasteiger partial charge in [0, 0.05) is 6.54 Å². The smallest absolute Gasteiger partial charge is 0.249 e. The van der Waals surface area contributed by atoms with E-state index < -0.39 is 5.41 Å². The van der Waals surface area contributed by atoms with Crippen LogP contribution in [0.2, 0.25) is 0 Å². The maximum absolute atomic E-state index is 11.8. The number of aryl methyl sites for hydroxylation is 2. The number of carbonyl (C=O) groups excluding carboxylic acids is 1. The molecule has 0 atom stereocenters. The third-order valence-corrected chi connectivity index (χ3v) is 2.44. The Labute approximate surface area is 94.7 Å². The van der Waals surface area contributed by atoms with Crippen LogP contribution in [0.1, 0.15) is 25.2 Å². The van der Waals surface area contributed by atoms with Crippen LogP contribution in [0.3, 0.4) is 0 Å². The zero-order chi connectivity index (χ0) is 12.3. The van der Waals surface area contributed by atoms with Crippen molar-refractivity contribution < 1.29 is 4.79 Å². The van der Waals surface area contributed by atoms with Crippen LogP contribution in [-0.4, -0.2) is 27.6 Å². The Morgan fingerprint density at radius 1 is 1.31 bits per heavy atom.